The van der Waals surface area contributed by atoms with Crippen molar-refractivity contribution in [1.82, 2.24) is 19.7 Å². The maximum atomic E-state index is 5.83. The molecular formula is C10H15N5O2S. The molecule has 0 bridgehead atoms. The first-order chi connectivity index (χ1) is 8.63. The molecule has 0 spiro atoms. The first-order valence-corrected chi connectivity index (χ1v) is 6.31. The molecule has 0 aliphatic rings. The Balaban J connectivity index is 2.26. The minimum absolute atomic E-state index is 0.252. The van der Waals surface area contributed by atoms with E-state index in [0.717, 1.165) is 10.6 Å². The van der Waals surface area contributed by atoms with Crippen LogP contribution >= 0.6 is 11.5 Å². The lowest BCUT2D eigenvalue weighted by atomic mass is 10.1. The molecule has 0 fully saturated rings. The number of hydrogen-bond acceptors (Lipinski definition) is 8. The van der Waals surface area contributed by atoms with Gasteiger partial charge in [0, 0.05) is 7.11 Å². The second-order valence-corrected chi connectivity index (χ2v) is 4.92. The summed E-state index contributed by atoms with van der Waals surface area (Å²) in [6, 6.07) is -0.393. The number of ether oxygens (including phenoxy) is 1. The number of methoxy groups -OCH3 is 1. The van der Waals surface area contributed by atoms with E-state index >= 15 is 0 Å². The van der Waals surface area contributed by atoms with E-state index in [2.05, 4.69) is 19.7 Å². The largest absolute Gasteiger partial charge is 0.383 e. The van der Waals surface area contributed by atoms with E-state index < -0.39 is 6.04 Å². The molecule has 0 aliphatic carbocycles. The molecule has 98 valence electrons. The van der Waals surface area contributed by atoms with Crippen LogP contribution in [0.15, 0.2) is 4.52 Å². The van der Waals surface area contributed by atoms with Crippen LogP contribution in [0.2, 0.25) is 0 Å². The van der Waals surface area contributed by atoms with E-state index in [-0.39, 0.29) is 5.92 Å². The molecule has 18 heavy (non-hydrogen) atoms. The summed E-state index contributed by atoms with van der Waals surface area (Å²) in [5.41, 5.74) is 6.69. The molecule has 1 atom stereocenters. The number of aromatic nitrogens is 4. The number of rotatable bonds is 5. The van der Waals surface area contributed by atoms with Crippen molar-refractivity contribution in [3.63, 3.8) is 0 Å². The second kappa shape index (κ2) is 5.51. The maximum absolute atomic E-state index is 5.83. The molecule has 1 unspecified atom stereocenters. The van der Waals surface area contributed by atoms with Crippen LogP contribution in [0, 0.1) is 0 Å². The topological polar surface area (TPSA) is 100.0 Å². The first-order valence-electron chi connectivity index (χ1n) is 5.54. The Morgan fingerprint density at radius 2 is 2.22 bits per heavy atom. The fraction of sp³-hybridized carbons (Fsp3) is 0.600. The summed E-state index contributed by atoms with van der Waals surface area (Å²) < 4.78 is 14.1. The normalized spacial score (nSPS) is 13.2. The number of nitrogens with two attached hydrogens (primary N) is 1. The van der Waals surface area contributed by atoms with Crippen LogP contribution in [0.4, 0.5) is 0 Å². The van der Waals surface area contributed by atoms with Crippen molar-refractivity contribution in [3.8, 4) is 10.8 Å². The minimum Gasteiger partial charge on any atom is -0.383 e. The number of hydrogen-bond donors (Lipinski definition) is 1. The van der Waals surface area contributed by atoms with Crippen molar-refractivity contribution in [3.05, 3.63) is 11.5 Å². The lowest BCUT2D eigenvalue weighted by Crippen LogP contribution is -2.17. The third-order valence-corrected chi connectivity index (χ3v) is 3.10. The van der Waals surface area contributed by atoms with Gasteiger partial charge >= 0.3 is 0 Å². The van der Waals surface area contributed by atoms with E-state index in [4.69, 9.17) is 15.0 Å². The highest BCUT2D eigenvalue weighted by Crippen LogP contribution is 2.29. The summed E-state index contributed by atoms with van der Waals surface area (Å²) >= 11 is 1.24. The van der Waals surface area contributed by atoms with Crippen molar-refractivity contribution in [2.75, 3.05) is 13.7 Å². The third kappa shape index (κ3) is 2.55. The fourth-order valence-electron chi connectivity index (χ4n) is 1.46. The van der Waals surface area contributed by atoms with Crippen LogP contribution in [-0.2, 0) is 4.74 Å². The summed E-state index contributed by atoms with van der Waals surface area (Å²) in [5.74, 6) is 1.09. The Kier molecular flexibility index (Phi) is 4.00. The highest BCUT2D eigenvalue weighted by atomic mass is 32.1. The third-order valence-electron chi connectivity index (χ3n) is 2.37. The van der Waals surface area contributed by atoms with Gasteiger partial charge in [-0.25, -0.2) is 0 Å². The lowest BCUT2D eigenvalue weighted by Gasteiger charge is -2.03. The SMILES string of the molecule is COCC(N)c1noc(-c2snnc2C(C)C)n1. The van der Waals surface area contributed by atoms with Gasteiger partial charge in [-0.1, -0.05) is 23.5 Å². The van der Waals surface area contributed by atoms with Crippen LogP contribution in [0.3, 0.4) is 0 Å². The Morgan fingerprint density at radius 1 is 1.44 bits per heavy atom. The van der Waals surface area contributed by atoms with Gasteiger partial charge in [0.1, 0.15) is 4.88 Å². The predicted molar refractivity (Wildman–Crippen MR) is 66.1 cm³/mol. The van der Waals surface area contributed by atoms with Gasteiger partial charge in [0.05, 0.1) is 18.3 Å². The quantitative estimate of drug-likeness (QED) is 0.874. The standard InChI is InChI=1S/C10H15N5O2S/c1-5(2)7-8(18-15-13-7)10-12-9(14-17-10)6(11)4-16-3/h5-6H,4,11H2,1-3H3. The van der Waals surface area contributed by atoms with Gasteiger partial charge in [0.2, 0.25) is 0 Å². The molecule has 0 aromatic carbocycles. The van der Waals surface area contributed by atoms with Gasteiger partial charge in [0.25, 0.3) is 5.89 Å². The van der Waals surface area contributed by atoms with Crippen molar-refractivity contribution in [1.29, 1.82) is 0 Å². The zero-order valence-electron chi connectivity index (χ0n) is 10.5. The summed E-state index contributed by atoms with van der Waals surface area (Å²) in [5, 5.41) is 7.92. The molecule has 2 aromatic rings. The highest BCUT2D eigenvalue weighted by Gasteiger charge is 2.21. The Hall–Kier alpha value is -1.38. The van der Waals surface area contributed by atoms with Crippen molar-refractivity contribution < 1.29 is 9.26 Å². The van der Waals surface area contributed by atoms with Crippen LogP contribution in [-0.4, -0.2) is 33.4 Å². The molecule has 0 radical (unpaired) electrons. The van der Waals surface area contributed by atoms with E-state index in [1.54, 1.807) is 7.11 Å². The van der Waals surface area contributed by atoms with E-state index in [9.17, 15) is 0 Å². The molecular weight excluding hydrogens is 254 g/mol. The monoisotopic (exact) mass is 269 g/mol. The molecule has 0 amide bonds. The molecule has 8 heteroatoms. The fourth-order valence-corrected chi connectivity index (χ4v) is 2.20. The van der Waals surface area contributed by atoms with Crippen molar-refractivity contribution >= 4 is 11.5 Å². The average molecular weight is 269 g/mol. The van der Waals surface area contributed by atoms with Gasteiger partial charge in [-0.3, -0.25) is 0 Å². The van der Waals surface area contributed by atoms with Gasteiger partial charge < -0.3 is 15.0 Å². The molecule has 2 rings (SSSR count). The second-order valence-electron chi connectivity index (χ2n) is 4.16. The van der Waals surface area contributed by atoms with Gasteiger partial charge in [-0.15, -0.1) is 5.10 Å². The smallest absolute Gasteiger partial charge is 0.271 e. The van der Waals surface area contributed by atoms with Gasteiger partial charge in [-0.2, -0.15) is 4.98 Å². The predicted octanol–water partition coefficient (Wildman–Crippen LogP) is 1.36. The summed E-state index contributed by atoms with van der Waals surface area (Å²) in [6.45, 7) is 4.42. The van der Waals surface area contributed by atoms with E-state index in [1.165, 1.54) is 11.5 Å². The van der Waals surface area contributed by atoms with Crippen LogP contribution < -0.4 is 5.73 Å². The summed E-state index contributed by atoms with van der Waals surface area (Å²) in [7, 11) is 1.57. The molecule has 2 aromatic heterocycles. The number of nitrogens with zero attached hydrogens (tertiary/aromatic N) is 4. The highest BCUT2D eigenvalue weighted by molar-refractivity contribution is 7.09. The maximum Gasteiger partial charge on any atom is 0.271 e. The molecule has 0 saturated heterocycles. The molecule has 0 saturated carbocycles. The van der Waals surface area contributed by atoms with Gasteiger partial charge in [0.15, 0.2) is 5.82 Å². The summed E-state index contributed by atoms with van der Waals surface area (Å²) in [4.78, 5) is 5.06. The zero-order valence-corrected chi connectivity index (χ0v) is 11.3. The lowest BCUT2D eigenvalue weighted by molar-refractivity contribution is 0.177. The van der Waals surface area contributed by atoms with Crippen molar-refractivity contribution in [2.24, 2.45) is 5.73 Å². The van der Waals surface area contributed by atoms with Crippen LogP contribution in [0.5, 0.6) is 0 Å². The Bertz CT molecular complexity index is 510. The molecule has 7 nitrogen and oxygen atoms in total. The van der Waals surface area contributed by atoms with Crippen molar-refractivity contribution in [2.45, 2.75) is 25.8 Å². The van der Waals surface area contributed by atoms with Gasteiger partial charge in [-0.05, 0) is 17.5 Å². The Labute approximate surface area is 109 Å². The molecule has 0 aliphatic heterocycles. The summed E-state index contributed by atoms with van der Waals surface area (Å²) in [6.07, 6.45) is 0. The minimum atomic E-state index is -0.393. The Morgan fingerprint density at radius 3 is 2.89 bits per heavy atom. The zero-order chi connectivity index (χ0) is 13.1. The van der Waals surface area contributed by atoms with Crippen LogP contribution in [0.25, 0.3) is 10.8 Å². The van der Waals surface area contributed by atoms with E-state index in [0.29, 0.717) is 18.3 Å². The average Bonchev–Trinajstić information content (AvgIpc) is 2.98. The molecule has 2 heterocycles. The van der Waals surface area contributed by atoms with Crippen LogP contribution in [0.1, 0.15) is 37.3 Å². The van der Waals surface area contributed by atoms with E-state index in [1.807, 2.05) is 13.8 Å². The first kappa shape index (κ1) is 13.1. The molecule has 2 N–H and O–H groups in total.